The molecule has 0 saturated carbocycles. The average Bonchev–Trinajstić information content (AvgIpc) is 2.94. The first kappa shape index (κ1) is 20.5. The molecule has 0 radical (unpaired) electrons. The van der Waals surface area contributed by atoms with E-state index in [0.29, 0.717) is 6.54 Å². The minimum atomic E-state index is -0.481. The molecule has 0 saturated heterocycles. The first-order chi connectivity index (χ1) is 11.2. The number of carbonyl (C=O) groups is 1. The van der Waals surface area contributed by atoms with Gasteiger partial charge in [0.15, 0.2) is 0 Å². The summed E-state index contributed by atoms with van der Waals surface area (Å²) in [4.78, 5) is 16.2. The Balaban J connectivity index is 2.63. The third-order valence-corrected chi connectivity index (χ3v) is 4.23. The summed E-state index contributed by atoms with van der Waals surface area (Å²) in [5, 5.41) is 6.53. The minimum absolute atomic E-state index is 0.155. The van der Waals surface area contributed by atoms with Crippen LogP contribution in [0.25, 0.3) is 0 Å². The van der Waals surface area contributed by atoms with E-state index in [4.69, 9.17) is 4.74 Å². The largest absolute Gasteiger partial charge is 0.444 e. The summed E-state index contributed by atoms with van der Waals surface area (Å²) in [5.74, 6) is 0. The van der Waals surface area contributed by atoms with E-state index < -0.39 is 5.60 Å². The molecule has 6 heteroatoms. The van der Waals surface area contributed by atoms with Gasteiger partial charge in [-0.1, -0.05) is 20.8 Å². The smallest absolute Gasteiger partial charge is 0.407 e. The van der Waals surface area contributed by atoms with Gasteiger partial charge in [0.25, 0.3) is 0 Å². The van der Waals surface area contributed by atoms with Crippen LogP contribution in [-0.2, 0) is 17.8 Å². The Morgan fingerprint density at radius 2 is 1.92 bits per heavy atom. The van der Waals surface area contributed by atoms with Crippen LogP contribution < -0.4 is 10.6 Å². The van der Waals surface area contributed by atoms with E-state index in [1.165, 1.54) is 5.69 Å². The Kier molecular flexibility index (Phi) is 7.73. The number of ether oxygens (including phenoxy) is 1. The molecule has 0 aliphatic rings. The van der Waals surface area contributed by atoms with Crippen LogP contribution >= 0.6 is 0 Å². The molecule has 0 aromatic carbocycles. The number of nitrogens with one attached hydrogen (secondary N) is 2. The molecule has 2 N–H and O–H groups in total. The van der Waals surface area contributed by atoms with E-state index >= 15 is 0 Å². The first-order valence-electron chi connectivity index (χ1n) is 8.96. The zero-order valence-electron chi connectivity index (χ0n) is 16.1. The molecule has 1 rings (SSSR count). The van der Waals surface area contributed by atoms with Crippen molar-refractivity contribution >= 4 is 6.09 Å². The fourth-order valence-electron chi connectivity index (χ4n) is 2.58. The molecule has 1 aromatic rings. The zero-order chi connectivity index (χ0) is 18.2. The Morgan fingerprint density at radius 1 is 1.25 bits per heavy atom. The van der Waals surface area contributed by atoms with Crippen molar-refractivity contribution in [2.75, 3.05) is 6.54 Å². The molecule has 1 amide bonds. The fourth-order valence-corrected chi connectivity index (χ4v) is 2.58. The van der Waals surface area contributed by atoms with Gasteiger partial charge in [0, 0.05) is 31.4 Å². The van der Waals surface area contributed by atoms with Crippen LogP contribution in [0, 0.1) is 0 Å². The Bertz CT molecular complexity index is 501. The van der Waals surface area contributed by atoms with Gasteiger partial charge in [-0.3, -0.25) is 0 Å². The van der Waals surface area contributed by atoms with Crippen LogP contribution in [0.3, 0.4) is 0 Å². The molecule has 0 unspecified atom stereocenters. The molecule has 1 aromatic heterocycles. The number of hydrogen-bond acceptors (Lipinski definition) is 4. The number of aryl methyl sites for hydroxylation is 1. The van der Waals surface area contributed by atoms with Gasteiger partial charge >= 0.3 is 6.09 Å². The maximum atomic E-state index is 11.9. The second kappa shape index (κ2) is 9.06. The lowest BCUT2D eigenvalue weighted by molar-refractivity contribution is 0.0507. The van der Waals surface area contributed by atoms with Gasteiger partial charge < -0.3 is 19.9 Å². The van der Waals surface area contributed by atoms with E-state index in [-0.39, 0.29) is 11.6 Å². The standard InChI is InChI=1S/C18H34N4O2/c1-7-10-22-14-19-11-15(22)12-21-18(8-2,9-3)13-20-16(23)24-17(4,5)6/h11,14,21H,7-10,12-13H2,1-6H3,(H,20,23). The highest BCUT2D eigenvalue weighted by Crippen LogP contribution is 2.16. The third kappa shape index (κ3) is 6.51. The van der Waals surface area contributed by atoms with Crippen molar-refractivity contribution in [3.05, 3.63) is 18.2 Å². The summed E-state index contributed by atoms with van der Waals surface area (Å²) in [6.45, 7) is 14.3. The third-order valence-electron chi connectivity index (χ3n) is 4.23. The summed E-state index contributed by atoms with van der Waals surface area (Å²) in [5.41, 5.74) is 0.532. The van der Waals surface area contributed by atoms with E-state index in [1.807, 2.05) is 33.3 Å². The molecule has 0 fully saturated rings. The van der Waals surface area contributed by atoms with Crippen LogP contribution in [0.15, 0.2) is 12.5 Å². The summed E-state index contributed by atoms with van der Waals surface area (Å²) in [6.07, 6.45) is 6.32. The van der Waals surface area contributed by atoms with E-state index in [2.05, 4.69) is 41.0 Å². The molecule has 0 aliphatic heterocycles. The predicted molar refractivity (Wildman–Crippen MR) is 96.9 cm³/mol. The molecule has 0 spiro atoms. The van der Waals surface area contributed by atoms with Crippen molar-refractivity contribution < 1.29 is 9.53 Å². The first-order valence-corrected chi connectivity index (χ1v) is 8.96. The van der Waals surface area contributed by atoms with Gasteiger partial charge in [0.2, 0.25) is 0 Å². The number of carbonyl (C=O) groups excluding carboxylic acids is 1. The molecule has 6 nitrogen and oxygen atoms in total. The monoisotopic (exact) mass is 338 g/mol. The van der Waals surface area contributed by atoms with Crippen LogP contribution in [-0.4, -0.2) is 33.3 Å². The van der Waals surface area contributed by atoms with Gasteiger partial charge in [0.1, 0.15) is 5.60 Å². The number of alkyl carbamates (subject to hydrolysis) is 1. The highest BCUT2D eigenvalue weighted by Gasteiger charge is 2.27. The molecule has 0 bridgehead atoms. The summed E-state index contributed by atoms with van der Waals surface area (Å²) in [7, 11) is 0. The highest BCUT2D eigenvalue weighted by atomic mass is 16.6. The van der Waals surface area contributed by atoms with E-state index in [0.717, 1.165) is 32.4 Å². The van der Waals surface area contributed by atoms with Gasteiger partial charge in [-0.15, -0.1) is 0 Å². The normalized spacial score (nSPS) is 12.2. The van der Waals surface area contributed by atoms with Gasteiger partial charge in [-0.2, -0.15) is 0 Å². The minimum Gasteiger partial charge on any atom is -0.444 e. The summed E-state index contributed by atoms with van der Waals surface area (Å²) in [6, 6.07) is 0. The second-order valence-corrected chi connectivity index (χ2v) is 7.27. The van der Waals surface area contributed by atoms with Crippen molar-refractivity contribution in [2.24, 2.45) is 0 Å². The van der Waals surface area contributed by atoms with Crippen LogP contribution in [0.4, 0.5) is 4.79 Å². The number of amides is 1. The van der Waals surface area contributed by atoms with Crippen molar-refractivity contribution in [3.63, 3.8) is 0 Å². The van der Waals surface area contributed by atoms with Gasteiger partial charge in [0.05, 0.1) is 12.0 Å². The van der Waals surface area contributed by atoms with E-state index in [9.17, 15) is 4.79 Å². The number of rotatable bonds is 9. The predicted octanol–water partition coefficient (Wildman–Crippen LogP) is 3.47. The number of imidazole rings is 1. The molecule has 0 aliphatic carbocycles. The van der Waals surface area contributed by atoms with E-state index in [1.54, 1.807) is 0 Å². The van der Waals surface area contributed by atoms with Gasteiger partial charge in [-0.05, 0) is 40.0 Å². The van der Waals surface area contributed by atoms with Crippen LogP contribution in [0.5, 0.6) is 0 Å². The highest BCUT2D eigenvalue weighted by molar-refractivity contribution is 5.67. The Morgan fingerprint density at radius 3 is 2.46 bits per heavy atom. The summed E-state index contributed by atoms with van der Waals surface area (Å²) >= 11 is 0. The maximum Gasteiger partial charge on any atom is 0.407 e. The summed E-state index contributed by atoms with van der Waals surface area (Å²) < 4.78 is 7.50. The van der Waals surface area contributed by atoms with Crippen molar-refractivity contribution in [3.8, 4) is 0 Å². The molecule has 0 atom stereocenters. The van der Waals surface area contributed by atoms with Crippen LogP contribution in [0.2, 0.25) is 0 Å². The Hall–Kier alpha value is -1.56. The second-order valence-electron chi connectivity index (χ2n) is 7.27. The van der Waals surface area contributed by atoms with Crippen molar-refractivity contribution in [2.45, 2.75) is 85.0 Å². The average molecular weight is 338 g/mol. The zero-order valence-corrected chi connectivity index (χ0v) is 16.1. The molecule has 138 valence electrons. The quantitative estimate of drug-likeness (QED) is 0.723. The van der Waals surface area contributed by atoms with Crippen molar-refractivity contribution in [1.29, 1.82) is 0 Å². The van der Waals surface area contributed by atoms with Crippen LogP contribution in [0.1, 0.15) is 66.5 Å². The number of aromatic nitrogens is 2. The molecule has 24 heavy (non-hydrogen) atoms. The maximum absolute atomic E-state index is 11.9. The lowest BCUT2D eigenvalue weighted by Crippen LogP contribution is -2.53. The fraction of sp³-hybridized carbons (Fsp3) is 0.778. The lowest BCUT2D eigenvalue weighted by Gasteiger charge is -2.34. The Labute approximate surface area is 146 Å². The van der Waals surface area contributed by atoms with Gasteiger partial charge in [-0.25, -0.2) is 9.78 Å². The molecular weight excluding hydrogens is 304 g/mol. The number of hydrogen-bond donors (Lipinski definition) is 2. The number of nitrogens with zero attached hydrogens (tertiary/aromatic N) is 2. The molecule has 1 heterocycles. The SMILES string of the molecule is CCCn1cncc1CNC(CC)(CC)CNC(=O)OC(C)(C)C. The molecular formula is C18H34N4O2. The topological polar surface area (TPSA) is 68.2 Å². The van der Waals surface area contributed by atoms with Crippen molar-refractivity contribution in [1.82, 2.24) is 20.2 Å². The lowest BCUT2D eigenvalue weighted by atomic mass is 9.92.